The van der Waals surface area contributed by atoms with Gasteiger partial charge in [-0.25, -0.2) is 0 Å². The molecule has 0 saturated carbocycles. The molecule has 0 aromatic heterocycles. The predicted octanol–water partition coefficient (Wildman–Crippen LogP) is 0.930. The van der Waals surface area contributed by atoms with Crippen LogP contribution in [0.3, 0.4) is 0 Å². The second-order valence-electron chi connectivity index (χ2n) is 6.57. The number of rotatable bonds is 2. The molecule has 2 amide bonds. The summed E-state index contributed by atoms with van der Waals surface area (Å²) in [5, 5.41) is 2.79. The fourth-order valence-corrected chi connectivity index (χ4v) is 2.83. The maximum atomic E-state index is 12.5. The van der Waals surface area contributed by atoms with Gasteiger partial charge < -0.3 is 15.0 Å². The Hall–Kier alpha value is -1.10. The smallest absolute Gasteiger partial charge is 0.247 e. The summed E-state index contributed by atoms with van der Waals surface area (Å²) in [6, 6.07) is 0. The van der Waals surface area contributed by atoms with E-state index in [0.717, 1.165) is 26.1 Å². The van der Waals surface area contributed by atoms with Crippen LogP contribution in [-0.2, 0) is 14.3 Å². The molecule has 5 heteroatoms. The fourth-order valence-electron chi connectivity index (χ4n) is 2.83. The van der Waals surface area contributed by atoms with Crippen molar-refractivity contribution in [2.45, 2.75) is 45.6 Å². The van der Waals surface area contributed by atoms with E-state index in [1.165, 1.54) is 0 Å². The minimum absolute atomic E-state index is 0.0195. The van der Waals surface area contributed by atoms with Crippen LogP contribution in [0.5, 0.6) is 0 Å². The van der Waals surface area contributed by atoms with E-state index in [1.807, 2.05) is 4.90 Å². The van der Waals surface area contributed by atoms with Gasteiger partial charge in [0.1, 0.15) is 5.54 Å². The van der Waals surface area contributed by atoms with E-state index in [4.69, 9.17) is 4.74 Å². The third-order valence-corrected chi connectivity index (χ3v) is 4.16. The summed E-state index contributed by atoms with van der Waals surface area (Å²) in [5.74, 6) is -0.0240. The highest BCUT2D eigenvalue weighted by Gasteiger charge is 2.39. The lowest BCUT2D eigenvalue weighted by atomic mass is 9.81. The molecule has 108 valence electrons. The van der Waals surface area contributed by atoms with Crippen LogP contribution >= 0.6 is 0 Å². The van der Waals surface area contributed by atoms with Gasteiger partial charge in [-0.15, -0.1) is 0 Å². The number of carbonyl (C=O) groups excluding carboxylic acids is 2. The van der Waals surface area contributed by atoms with Crippen LogP contribution in [0.2, 0.25) is 0 Å². The number of carbonyl (C=O) groups is 2. The Morgan fingerprint density at radius 2 is 1.84 bits per heavy atom. The SMILES string of the molecule is CC1(CN2CCC(=O)NC(C)(C)C2=O)CCOCC1. The molecule has 1 N–H and O–H groups in total. The third kappa shape index (κ3) is 3.26. The Morgan fingerprint density at radius 1 is 1.21 bits per heavy atom. The molecule has 2 saturated heterocycles. The zero-order chi connectivity index (χ0) is 14.1. The van der Waals surface area contributed by atoms with Gasteiger partial charge in [0, 0.05) is 32.7 Å². The normalized spacial score (nSPS) is 26.8. The molecular formula is C14H24N2O3. The highest BCUT2D eigenvalue weighted by atomic mass is 16.5. The van der Waals surface area contributed by atoms with Crippen molar-refractivity contribution in [2.24, 2.45) is 5.41 Å². The molecule has 2 heterocycles. The predicted molar refractivity (Wildman–Crippen MR) is 71.6 cm³/mol. The largest absolute Gasteiger partial charge is 0.381 e. The molecule has 2 rings (SSSR count). The molecule has 19 heavy (non-hydrogen) atoms. The van der Waals surface area contributed by atoms with Gasteiger partial charge in [-0.3, -0.25) is 9.59 Å². The van der Waals surface area contributed by atoms with Crippen molar-refractivity contribution in [1.82, 2.24) is 10.2 Å². The summed E-state index contributed by atoms with van der Waals surface area (Å²) in [7, 11) is 0. The molecule has 0 spiro atoms. The second kappa shape index (κ2) is 5.12. The van der Waals surface area contributed by atoms with E-state index in [-0.39, 0.29) is 17.2 Å². The van der Waals surface area contributed by atoms with E-state index in [1.54, 1.807) is 13.8 Å². The molecule has 0 aliphatic carbocycles. The number of amides is 2. The Bertz CT molecular complexity index is 373. The van der Waals surface area contributed by atoms with Crippen LogP contribution in [0.4, 0.5) is 0 Å². The molecular weight excluding hydrogens is 244 g/mol. The van der Waals surface area contributed by atoms with Gasteiger partial charge in [-0.1, -0.05) is 6.92 Å². The summed E-state index contributed by atoms with van der Waals surface area (Å²) in [6.45, 7) is 8.52. The zero-order valence-corrected chi connectivity index (χ0v) is 12.1. The number of nitrogens with one attached hydrogen (secondary N) is 1. The van der Waals surface area contributed by atoms with Gasteiger partial charge >= 0.3 is 0 Å². The maximum Gasteiger partial charge on any atom is 0.247 e. The van der Waals surface area contributed by atoms with Gasteiger partial charge in [-0.05, 0) is 32.1 Å². The van der Waals surface area contributed by atoms with Gasteiger partial charge in [0.2, 0.25) is 11.8 Å². The van der Waals surface area contributed by atoms with Crippen molar-refractivity contribution < 1.29 is 14.3 Å². The van der Waals surface area contributed by atoms with Crippen LogP contribution in [-0.4, -0.2) is 48.6 Å². The molecule has 0 radical (unpaired) electrons. The third-order valence-electron chi connectivity index (χ3n) is 4.16. The van der Waals surface area contributed by atoms with Crippen molar-refractivity contribution in [1.29, 1.82) is 0 Å². The summed E-state index contributed by atoms with van der Waals surface area (Å²) >= 11 is 0. The average molecular weight is 268 g/mol. The highest BCUT2D eigenvalue weighted by molar-refractivity contribution is 5.92. The molecule has 0 aromatic rings. The number of ether oxygens (including phenoxy) is 1. The van der Waals surface area contributed by atoms with Crippen LogP contribution in [0.25, 0.3) is 0 Å². The quantitative estimate of drug-likeness (QED) is 0.810. The van der Waals surface area contributed by atoms with Crippen molar-refractivity contribution in [3.05, 3.63) is 0 Å². The molecule has 0 unspecified atom stereocenters. The summed E-state index contributed by atoms with van der Waals surface area (Å²) in [4.78, 5) is 26.0. The summed E-state index contributed by atoms with van der Waals surface area (Å²) in [6.07, 6.45) is 2.33. The Balaban J connectivity index is 2.09. The molecule has 0 atom stereocenters. The molecule has 2 aliphatic heterocycles. The van der Waals surface area contributed by atoms with E-state index < -0.39 is 5.54 Å². The first-order valence-corrected chi connectivity index (χ1v) is 7.01. The van der Waals surface area contributed by atoms with E-state index in [9.17, 15) is 9.59 Å². The Labute approximate surface area is 114 Å². The van der Waals surface area contributed by atoms with Crippen molar-refractivity contribution in [2.75, 3.05) is 26.3 Å². The van der Waals surface area contributed by atoms with E-state index >= 15 is 0 Å². The first-order chi connectivity index (χ1) is 8.82. The second-order valence-corrected chi connectivity index (χ2v) is 6.57. The van der Waals surface area contributed by atoms with Gasteiger partial charge in [0.05, 0.1) is 0 Å². The Kier molecular flexibility index (Phi) is 3.85. The highest BCUT2D eigenvalue weighted by Crippen LogP contribution is 2.31. The summed E-state index contributed by atoms with van der Waals surface area (Å²) in [5.41, 5.74) is -0.688. The van der Waals surface area contributed by atoms with Crippen LogP contribution < -0.4 is 5.32 Å². The molecule has 2 fully saturated rings. The molecule has 0 bridgehead atoms. The minimum Gasteiger partial charge on any atom is -0.381 e. The average Bonchev–Trinajstić information content (AvgIpc) is 2.41. The Morgan fingerprint density at radius 3 is 2.47 bits per heavy atom. The van der Waals surface area contributed by atoms with Crippen LogP contribution in [0.15, 0.2) is 0 Å². The topological polar surface area (TPSA) is 58.6 Å². The zero-order valence-electron chi connectivity index (χ0n) is 12.1. The van der Waals surface area contributed by atoms with Crippen LogP contribution in [0, 0.1) is 5.41 Å². The molecule has 2 aliphatic rings. The molecule has 5 nitrogen and oxygen atoms in total. The standard InChI is InChI=1S/C14H24N2O3/c1-13(2)12(18)16(7-4-11(17)15-13)10-14(3)5-8-19-9-6-14/h4-10H2,1-3H3,(H,15,17). The lowest BCUT2D eigenvalue weighted by molar-refractivity contribution is -0.139. The minimum atomic E-state index is -0.797. The maximum absolute atomic E-state index is 12.5. The lowest BCUT2D eigenvalue weighted by Crippen LogP contribution is -2.54. The van der Waals surface area contributed by atoms with E-state index in [2.05, 4.69) is 12.2 Å². The number of nitrogens with zero attached hydrogens (tertiary/aromatic N) is 1. The lowest BCUT2D eigenvalue weighted by Gasteiger charge is -2.39. The monoisotopic (exact) mass is 268 g/mol. The van der Waals surface area contributed by atoms with Crippen molar-refractivity contribution in [3.8, 4) is 0 Å². The fraction of sp³-hybridized carbons (Fsp3) is 0.857. The molecule has 0 aromatic carbocycles. The first-order valence-electron chi connectivity index (χ1n) is 7.01. The number of hydrogen-bond donors (Lipinski definition) is 1. The van der Waals surface area contributed by atoms with Crippen LogP contribution in [0.1, 0.15) is 40.0 Å². The van der Waals surface area contributed by atoms with Crippen molar-refractivity contribution in [3.63, 3.8) is 0 Å². The van der Waals surface area contributed by atoms with E-state index in [0.29, 0.717) is 19.5 Å². The van der Waals surface area contributed by atoms with Gasteiger partial charge in [-0.2, -0.15) is 0 Å². The van der Waals surface area contributed by atoms with Gasteiger partial charge in [0.15, 0.2) is 0 Å². The first kappa shape index (κ1) is 14.3. The van der Waals surface area contributed by atoms with Crippen molar-refractivity contribution >= 4 is 11.8 Å². The van der Waals surface area contributed by atoms with Gasteiger partial charge in [0.25, 0.3) is 0 Å². The number of hydrogen-bond acceptors (Lipinski definition) is 3. The summed E-state index contributed by atoms with van der Waals surface area (Å²) < 4.78 is 5.39.